The minimum absolute atomic E-state index is 0.0186. The van der Waals surface area contributed by atoms with Crippen LogP contribution in [0.1, 0.15) is 57.4 Å². The monoisotopic (exact) mass is 299 g/mol. The van der Waals surface area contributed by atoms with Crippen LogP contribution in [0, 0.1) is 0 Å². The summed E-state index contributed by atoms with van der Waals surface area (Å²) in [5, 5.41) is 0. The maximum atomic E-state index is 6.14. The second kappa shape index (κ2) is 5.34. The van der Waals surface area contributed by atoms with E-state index in [9.17, 15) is 0 Å². The smallest absolute Gasteiger partial charge is 0.216 e. The van der Waals surface area contributed by atoms with Crippen molar-refractivity contribution in [3.63, 3.8) is 0 Å². The number of benzene rings is 1. The summed E-state index contributed by atoms with van der Waals surface area (Å²) in [4.78, 5) is 6.87. The molecule has 2 heterocycles. The van der Waals surface area contributed by atoms with E-state index in [4.69, 9.17) is 10.2 Å². The van der Waals surface area contributed by atoms with Crippen molar-refractivity contribution in [3.8, 4) is 0 Å². The lowest BCUT2D eigenvalue weighted by Crippen LogP contribution is -2.32. The second-order valence-electron chi connectivity index (χ2n) is 7.13. The minimum atomic E-state index is -0.0186. The normalized spacial score (nSPS) is 16.5. The fourth-order valence-electron chi connectivity index (χ4n) is 3.04. The maximum Gasteiger partial charge on any atom is 0.216 e. The molecule has 0 fully saturated rings. The van der Waals surface area contributed by atoms with Gasteiger partial charge in [-0.1, -0.05) is 26.8 Å². The molecule has 1 aliphatic rings. The number of anilines is 2. The van der Waals surface area contributed by atoms with E-state index in [1.807, 2.05) is 18.3 Å². The SMILES string of the molecule is CC(c1ncc(C(C)(C)C)o1)N1CCCc2c(N)cccc21. The summed E-state index contributed by atoms with van der Waals surface area (Å²) >= 11 is 0. The van der Waals surface area contributed by atoms with Crippen LogP contribution in [-0.2, 0) is 11.8 Å². The van der Waals surface area contributed by atoms with Gasteiger partial charge < -0.3 is 15.1 Å². The number of nitrogens with zero attached hydrogens (tertiary/aromatic N) is 2. The van der Waals surface area contributed by atoms with Crippen LogP contribution in [0.15, 0.2) is 28.8 Å². The van der Waals surface area contributed by atoms with E-state index in [1.165, 1.54) is 11.3 Å². The topological polar surface area (TPSA) is 55.3 Å². The second-order valence-corrected chi connectivity index (χ2v) is 7.13. The zero-order valence-electron chi connectivity index (χ0n) is 13.9. The fourth-order valence-corrected chi connectivity index (χ4v) is 3.04. The van der Waals surface area contributed by atoms with Gasteiger partial charge in [0.2, 0.25) is 5.89 Å². The summed E-state index contributed by atoms with van der Waals surface area (Å²) in [6.07, 6.45) is 4.01. The van der Waals surface area contributed by atoms with Crippen molar-refractivity contribution in [1.82, 2.24) is 4.98 Å². The first-order valence-corrected chi connectivity index (χ1v) is 7.98. The standard InChI is InChI=1S/C18H25N3O/c1-12(17-20-11-16(22-17)18(2,3)4)21-10-6-7-13-14(19)8-5-9-15(13)21/h5,8-9,11-12H,6-7,10,19H2,1-4H3. The Morgan fingerprint density at radius 2 is 2.09 bits per heavy atom. The van der Waals surface area contributed by atoms with Crippen molar-refractivity contribution < 1.29 is 4.42 Å². The molecule has 2 N–H and O–H groups in total. The van der Waals surface area contributed by atoms with E-state index < -0.39 is 0 Å². The molecule has 4 nitrogen and oxygen atoms in total. The molecule has 1 aromatic heterocycles. The van der Waals surface area contributed by atoms with E-state index in [-0.39, 0.29) is 11.5 Å². The zero-order valence-corrected chi connectivity index (χ0v) is 13.9. The Bertz CT molecular complexity index is 669. The van der Waals surface area contributed by atoms with E-state index in [1.54, 1.807) is 0 Å². The largest absolute Gasteiger partial charge is 0.443 e. The number of nitrogen functional groups attached to an aromatic ring is 1. The Morgan fingerprint density at radius 1 is 1.32 bits per heavy atom. The average Bonchev–Trinajstić information content (AvgIpc) is 2.96. The van der Waals surface area contributed by atoms with Gasteiger partial charge in [-0.3, -0.25) is 0 Å². The van der Waals surface area contributed by atoms with E-state index in [0.29, 0.717) is 0 Å². The van der Waals surface area contributed by atoms with Crippen LogP contribution in [0.3, 0.4) is 0 Å². The first-order valence-electron chi connectivity index (χ1n) is 7.98. The lowest BCUT2D eigenvalue weighted by atomic mass is 9.94. The molecule has 0 saturated carbocycles. The van der Waals surface area contributed by atoms with Gasteiger partial charge in [0.05, 0.1) is 6.20 Å². The predicted molar refractivity (Wildman–Crippen MR) is 90.1 cm³/mol. The zero-order chi connectivity index (χ0) is 15.9. The van der Waals surface area contributed by atoms with Crippen LogP contribution >= 0.6 is 0 Å². The Morgan fingerprint density at radius 3 is 2.77 bits per heavy atom. The van der Waals surface area contributed by atoms with Crippen LogP contribution in [0.2, 0.25) is 0 Å². The molecule has 0 bridgehead atoms. The highest BCUT2D eigenvalue weighted by atomic mass is 16.4. The Kier molecular flexibility index (Phi) is 3.63. The summed E-state index contributed by atoms with van der Waals surface area (Å²) in [6.45, 7) is 9.57. The van der Waals surface area contributed by atoms with Crippen molar-refractivity contribution >= 4 is 11.4 Å². The molecule has 0 saturated heterocycles. The molecule has 0 spiro atoms. The minimum Gasteiger partial charge on any atom is -0.443 e. The van der Waals surface area contributed by atoms with Crippen LogP contribution in [-0.4, -0.2) is 11.5 Å². The molecule has 2 aromatic rings. The van der Waals surface area contributed by atoms with Gasteiger partial charge in [-0.05, 0) is 37.5 Å². The number of aromatic nitrogens is 1. The summed E-state index contributed by atoms with van der Waals surface area (Å²) in [6, 6.07) is 6.26. The van der Waals surface area contributed by atoms with E-state index >= 15 is 0 Å². The van der Waals surface area contributed by atoms with Crippen molar-refractivity contribution in [2.24, 2.45) is 0 Å². The summed E-state index contributed by atoms with van der Waals surface area (Å²) in [5.41, 5.74) is 9.48. The molecule has 4 heteroatoms. The summed E-state index contributed by atoms with van der Waals surface area (Å²) in [5.74, 6) is 1.71. The third-order valence-electron chi connectivity index (χ3n) is 4.41. The molecular weight excluding hydrogens is 274 g/mol. The van der Waals surface area contributed by atoms with Crippen LogP contribution in [0.4, 0.5) is 11.4 Å². The predicted octanol–water partition coefficient (Wildman–Crippen LogP) is 4.07. The molecule has 0 amide bonds. The third-order valence-corrected chi connectivity index (χ3v) is 4.41. The lowest BCUT2D eigenvalue weighted by molar-refractivity contribution is 0.362. The highest BCUT2D eigenvalue weighted by Gasteiger charge is 2.28. The number of hydrogen-bond donors (Lipinski definition) is 1. The fraction of sp³-hybridized carbons (Fsp3) is 0.500. The van der Waals surface area contributed by atoms with Gasteiger partial charge in [0.1, 0.15) is 11.8 Å². The molecule has 0 aliphatic carbocycles. The van der Waals surface area contributed by atoms with Crippen LogP contribution in [0.25, 0.3) is 0 Å². The Hall–Kier alpha value is -1.97. The van der Waals surface area contributed by atoms with Gasteiger partial charge in [0.15, 0.2) is 0 Å². The van der Waals surface area contributed by atoms with Crippen molar-refractivity contribution in [3.05, 3.63) is 41.6 Å². The third kappa shape index (κ3) is 2.58. The Balaban J connectivity index is 1.92. The van der Waals surface area contributed by atoms with Gasteiger partial charge in [-0.15, -0.1) is 0 Å². The van der Waals surface area contributed by atoms with Gasteiger partial charge in [0, 0.05) is 23.3 Å². The molecule has 118 valence electrons. The van der Waals surface area contributed by atoms with Crippen LogP contribution < -0.4 is 10.6 Å². The Labute approximate surface area is 132 Å². The summed E-state index contributed by atoms with van der Waals surface area (Å²) in [7, 11) is 0. The van der Waals surface area contributed by atoms with Gasteiger partial charge in [0.25, 0.3) is 0 Å². The first-order chi connectivity index (χ1) is 10.4. The first kappa shape index (κ1) is 14.9. The van der Waals surface area contributed by atoms with Crippen molar-refractivity contribution in [2.75, 3.05) is 17.2 Å². The number of hydrogen-bond acceptors (Lipinski definition) is 4. The molecule has 1 atom stereocenters. The molecule has 1 aromatic carbocycles. The number of rotatable bonds is 2. The van der Waals surface area contributed by atoms with Crippen molar-refractivity contribution in [1.29, 1.82) is 0 Å². The number of nitrogens with two attached hydrogens (primary N) is 1. The lowest BCUT2D eigenvalue weighted by Gasteiger charge is -2.35. The molecule has 0 radical (unpaired) electrons. The molecule has 3 rings (SSSR count). The number of oxazole rings is 1. The maximum absolute atomic E-state index is 6.14. The average molecular weight is 299 g/mol. The molecule has 1 unspecified atom stereocenters. The van der Waals surface area contributed by atoms with Crippen LogP contribution in [0.5, 0.6) is 0 Å². The van der Waals surface area contributed by atoms with Crippen molar-refractivity contribution in [2.45, 2.75) is 52.0 Å². The molecule has 1 aliphatic heterocycles. The van der Waals surface area contributed by atoms with Gasteiger partial charge >= 0.3 is 0 Å². The highest BCUT2D eigenvalue weighted by molar-refractivity contribution is 5.66. The van der Waals surface area contributed by atoms with E-state index in [0.717, 1.165) is 36.7 Å². The molecular formula is C18H25N3O. The van der Waals surface area contributed by atoms with Gasteiger partial charge in [-0.2, -0.15) is 0 Å². The quantitative estimate of drug-likeness (QED) is 0.849. The molecule has 22 heavy (non-hydrogen) atoms. The van der Waals surface area contributed by atoms with Gasteiger partial charge in [-0.25, -0.2) is 4.98 Å². The van der Waals surface area contributed by atoms with E-state index in [2.05, 4.69) is 43.6 Å². The highest BCUT2D eigenvalue weighted by Crippen LogP contribution is 2.37. The summed E-state index contributed by atoms with van der Waals surface area (Å²) < 4.78 is 6.02. The number of fused-ring (bicyclic) bond motifs is 1.